The fraction of sp³-hybridized carbons (Fsp3) is 0.500. The highest BCUT2D eigenvalue weighted by Crippen LogP contribution is 2.28. The van der Waals surface area contributed by atoms with E-state index >= 15 is 0 Å². The molecule has 3 amide bonds. The molecule has 1 saturated heterocycles. The summed E-state index contributed by atoms with van der Waals surface area (Å²) >= 11 is 11.7. The molecule has 1 aromatic carbocycles. The van der Waals surface area contributed by atoms with Crippen LogP contribution >= 0.6 is 23.2 Å². The minimum Gasteiger partial charge on any atom is -0.490 e. The second-order valence-electron chi connectivity index (χ2n) is 5.93. The number of piperidine rings is 1. The predicted molar refractivity (Wildman–Crippen MR) is 111 cm³/mol. The van der Waals surface area contributed by atoms with Crippen LogP contribution in [0.3, 0.4) is 0 Å². The first-order valence-corrected chi connectivity index (χ1v) is 9.83. The Morgan fingerprint density at radius 1 is 1.00 bits per heavy atom. The summed E-state index contributed by atoms with van der Waals surface area (Å²) in [5.41, 5.74) is 0. The first-order chi connectivity index (χ1) is 14.1. The summed E-state index contributed by atoms with van der Waals surface area (Å²) in [6.07, 6.45) is -0.0698. The van der Waals surface area contributed by atoms with Crippen molar-refractivity contribution in [2.24, 2.45) is 10.2 Å². The van der Waals surface area contributed by atoms with Gasteiger partial charge in [-0.3, -0.25) is 0 Å². The van der Waals surface area contributed by atoms with Crippen molar-refractivity contribution in [2.45, 2.75) is 45.6 Å². The number of hydrogen-bond acceptors (Lipinski definition) is 4. The third-order valence-corrected chi connectivity index (χ3v) is 4.37. The van der Waals surface area contributed by atoms with E-state index in [0.717, 1.165) is 0 Å². The number of nitrogens with zero attached hydrogens (tertiary/aromatic N) is 3. The lowest BCUT2D eigenvalue weighted by atomic mass is 10.1. The third-order valence-electron chi connectivity index (χ3n) is 3.63. The number of hydrogen-bond donors (Lipinski definition) is 3. The van der Waals surface area contributed by atoms with Crippen LogP contribution in [0.1, 0.15) is 39.5 Å². The number of halogens is 2. The van der Waals surface area contributed by atoms with Gasteiger partial charge in [0.25, 0.3) is 0 Å². The van der Waals surface area contributed by atoms with Crippen molar-refractivity contribution in [2.75, 3.05) is 13.1 Å². The average molecular weight is 466 g/mol. The Bertz CT molecular complexity index is 706. The van der Waals surface area contributed by atoms with Crippen LogP contribution in [-0.2, 0) is 0 Å². The van der Waals surface area contributed by atoms with E-state index in [0.29, 0.717) is 41.7 Å². The Morgan fingerprint density at radius 2 is 1.50 bits per heavy atom. The Balaban J connectivity index is 0.000000585. The number of benzene rings is 1. The van der Waals surface area contributed by atoms with Gasteiger partial charge in [0.2, 0.25) is 0 Å². The van der Waals surface area contributed by atoms with Crippen molar-refractivity contribution in [3.05, 3.63) is 28.2 Å². The van der Waals surface area contributed by atoms with Gasteiger partial charge in [0.15, 0.2) is 0 Å². The zero-order chi connectivity index (χ0) is 23.1. The number of unbranched alkanes of at least 4 members (excludes halogenated alkanes) is 1. The van der Waals surface area contributed by atoms with E-state index in [2.05, 4.69) is 24.1 Å². The molecule has 1 aliphatic heterocycles. The summed E-state index contributed by atoms with van der Waals surface area (Å²) in [6, 6.07) is 5.12. The zero-order valence-corrected chi connectivity index (χ0v) is 18.1. The zero-order valence-electron chi connectivity index (χ0n) is 16.6. The summed E-state index contributed by atoms with van der Waals surface area (Å²) in [5.74, 6) is 0.665. The Morgan fingerprint density at radius 3 is 1.87 bits per heavy atom. The standard InChI is InChI=1S/C12H13Cl2NO3.C4H10.C2H2N2O4/c13-10-2-1-9(7-11(10)14)18-8-3-5-15(6-4-8)12(16)17;1-3-4-2;5-1(6)3-4-2(7)8/h1-2,7-8H,3-6H2,(H,16,17);3-4H2,1-2H3;(H,5,6)(H,7,8). The first kappa shape index (κ1) is 27.4. The van der Waals surface area contributed by atoms with Crippen LogP contribution in [0.4, 0.5) is 14.4 Å². The monoisotopic (exact) mass is 465 g/mol. The van der Waals surface area contributed by atoms with Crippen LogP contribution in [0.5, 0.6) is 5.75 Å². The fourth-order valence-corrected chi connectivity index (χ4v) is 2.28. The first-order valence-electron chi connectivity index (χ1n) is 9.07. The Labute approximate surface area is 184 Å². The van der Waals surface area contributed by atoms with Crippen LogP contribution in [0, 0.1) is 0 Å². The molecule has 0 unspecified atom stereocenters. The van der Waals surface area contributed by atoms with Gasteiger partial charge in [0.05, 0.1) is 10.0 Å². The van der Waals surface area contributed by atoms with Gasteiger partial charge in [-0.1, -0.05) is 60.1 Å². The maximum absolute atomic E-state index is 10.8. The largest absolute Gasteiger partial charge is 0.490 e. The van der Waals surface area contributed by atoms with Crippen LogP contribution < -0.4 is 4.74 Å². The van der Waals surface area contributed by atoms with Crippen LogP contribution in [0.2, 0.25) is 10.0 Å². The number of carbonyl (C=O) groups is 3. The van der Waals surface area contributed by atoms with Gasteiger partial charge in [-0.25, -0.2) is 14.4 Å². The molecule has 0 aliphatic carbocycles. The minimum absolute atomic E-state index is 0.0258. The van der Waals surface area contributed by atoms with Crippen molar-refractivity contribution in [3.63, 3.8) is 0 Å². The summed E-state index contributed by atoms with van der Waals surface area (Å²) in [5, 5.41) is 29.6. The summed E-state index contributed by atoms with van der Waals surface area (Å²) < 4.78 is 5.76. The Hall–Kier alpha value is -2.59. The average Bonchev–Trinajstić information content (AvgIpc) is 2.70. The van der Waals surface area contributed by atoms with Gasteiger partial charge >= 0.3 is 18.3 Å². The van der Waals surface area contributed by atoms with Crippen molar-refractivity contribution in [1.29, 1.82) is 0 Å². The summed E-state index contributed by atoms with van der Waals surface area (Å²) in [6.45, 7) is 5.36. The van der Waals surface area contributed by atoms with Crippen molar-refractivity contribution in [1.82, 2.24) is 4.90 Å². The van der Waals surface area contributed by atoms with E-state index in [9.17, 15) is 14.4 Å². The van der Waals surface area contributed by atoms with Crippen molar-refractivity contribution >= 4 is 41.5 Å². The summed E-state index contributed by atoms with van der Waals surface area (Å²) in [4.78, 5) is 30.9. The molecule has 12 heteroatoms. The molecular weight excluding hydrogens is 441 g/mol. The van der Waals surface area contributed by atoms with Crippen LogP contribution in [0.15, 0.2) is 28.4 Å². The molecule has 0 spiro atoms. The second-order valence-corrected chi connectivity index (χ2v) is 6.74. The quantitative estimate of drug-likeness (QED) is 0.455. The van der Waals surface area contributed by atoms with Crippen molar-refractivity contribution in [3.8, 4) is 5.75 Å². The predicted octanol–water partition coefficient (Wildman–Crippen LogP) is 6.12. The van der Waals surface area contributed by atoms with E-state index in [4.69, 9.17) is 43.3 Å². The normalized spacial score (nSPS) is 13.5. The smallest absolute Gasteiger partial charge is 0.450 e. The van der Waals surface area contributed by atoms with E-state index in [-0.39, 0.29) is 6.10 Å². The molecular formula is C18H25Cl2N3O7. The molecule has 30 heavy (non-hydrogen) atoms. The number of amides is 3. The minimum atomic E-state index is -1.62. The van der Waals surface area contributed by atoms with Gasteiger partial charge in [-0.15, -0.1) is 0 Å². The highest BCUT2D eigenvalue weighted by Gasteiger charge is 2.23. The molecule has 168 valence electrons. The SMILES string of the molecule is CCCC.O=C(O)N1CCC(Oc2ccc(Cl)c(Cl)c2)CC1.O=C(O)N=NC(=O)O. The molecule has 1 aliphatic rings. The van der Waals surface area contributed by atoms with E-state index in [1.165, 1.54) is 17.7 Å². The molecule has 0 radical (unpaired) electrons. The van der Waals surface area contributed by atoms with E-state index in [1.54, 1.807) is 18.2 Å². The van der Waals surface area contributed by atoms with Gasteiger partial charge in [-0.05, 0) is 12.1 Å². The molecule has 0 bridgehead atoms. The van der Waals surface area contributed by atoms with Gasteiger partial charge < -0.3 is 25.0 Å². The second kappa shape index (κ2) is 15.3. The van der Waals surface area contributed by atoms with E-state index < -0.39 is 18.3 Å². The fourth-order valence-electron chi connectivity index (χ4n) is 1.99. The lowest BCUT2D eigenvalue weighted by Gasteiger charge is -2.30. The lowest BCUT2D eigenvalue weighted by Crippen LogP contribution is -2.41. The molecule has 3 N–H and O–H groups in total. The number of rotatable bonds is 3. The van der Waals surface area contributed by atoms with E-state index in [1.807, 2.05) is 0 Å². The molecule has 2 rings (SSSR count). The lowest BCUT2D eigenvalue weighted by molar-refractivity contribution is 0.0894. The van der Waals surface area contributed by atoms with Crippen molar-refractivity contribution < 1.29 is 34.4 Å². The van der Waals surface area contributed by atoms with Crippen LogP contribution in [0.25, 0.3) is 0 Å². The molecule has 0 aromatic heterocycles. The maximum Gasteiger partial charge on any atom is 0.450 e. The summed E-state index contributed by atoms with van der Waals surface area (Å²) in [7, 11) is 0. The molecule has 0 saturated carbocycles. The van der Waals surface area contributed by atoms with Gasteiger partial charge in [0, 0.05) is 32.0 Å². The number of ether oxygens (including phenoxy) is 1. The van der Waals surface area contributed by atoms with Gasteiger partial charge in [-0.2, -0.15) is 0 Å². The highest BCUT2D eigenvalue weighted by molar-refractivity contribution is 6.42. The third kappa shape index (κ3) is 12.8. The van der Waals surface area contributed by atoms with Gasteiger partial charge in [0.1, 0.15) is 11.9 Å². The molecule has 1 heterocycles. The topological polar surface area (TPSA) is 149 Å². The van der Waals surface area contributed by atoms with Crippen LogP contribution in [-0.4, -0.2) is 57.7 Å². The maximum atomic E-state index is 10.8. The number of azo groups is 1. The molecule has 0 atom stereocenters. The number of likely N-dealkylation sites (tertiary alicyclic amines) is 1. The molecule has 1 aromatic rings. The highest BCUT2D eigenvalue weighted by atomic mass is 35.5. The Kier molecular flexibility index (Phi) is 14.0. The molecule has 1 fully saturated rings. The number of carboxylic acid groups (broad SMARTS) is 3. The molecule has 10 nitrogen and oxygen atoms in total.